The molecule has 114 valence electrons. The van der Waals surface area contributed by atoms with E-state index in [1.54, 1.807) is 0 Å². The van der Waals surface area contributed by atoms with Crippen molar-refractivity contribution in [2.75, 3.05) is 17.6 Å². The summed E-state index contributed by atoms with van der Waals surface area (Å²) in [5, 5.41) is 4.48. The molecule has 1 aromatic rings. The third kappa shape index (κ3) is 6.12. The highest BCUT2D eigenvalue weighted by molar-refractivity contribution is 7.99. The van der Waals surface area contributed by atoms with Crippen molar-refractivity contribution >= 4 is 17.6 Å². The van der Waals surface area contributed by atoms with Gasteiger partial charge >= 0.3 is 0 Å². The monoisotopic (exact) mass is 295 g/mol. The van der Waals surface area contributed by atoms with Crippen molar-refractivity contribution in [3.63, 3.8) is 0 Å². The van der Waals surface area contributed by atoms with Gasteiger partial charge in [0.05, 0.1) is 0 Å². The molecule has 0 aliphatic carbocycles. The summed E-state index contributed by atoms with van der Waals surface area (Å²) in [7, 11) is 0. The van der Waals surface area contributed by atoms with E-state index in [1.165, 1.54) is 19.3 Å². The first-order valence-corrected chi connectivity index (χ1v) is 8.72. The van der Waals surface area contributed by atoms with Gasteiger partial charge in [-0.1, -0.05) is 47.5 Å². The minimum Gasteiger partial charge on any atom is -0.370 e. The van der Waals surface area contributed by atoms with Crippen molar-refractivity contribution in [2.24, 2.45) is 0 Å². The van der Waals surface area contributed by atoms with Crippen molar-refractivity contribution in [3.8, 4) is 0 Å². The first-order valence-electron chi connectivity index (χ1n) is 7.73. The van der Waals surface area contributed by atoms with Gasteiger partial charge in [0.25, 0.3) is 0 Å². The van der Waals surface area contributed by atoms with Gasteiger partial charge in [0.15, 0.2) is 0 Å². The van der Waals surface area contributed by atoms with E-state index in [0.717, 1.165) is 35.4 Å². The Bertz CT molecular complexity index is 399. The van der Waals surface area contributed by atoms with Crippen molar-refractivity contribution in [2.45, 2.75) is 70.7 Å². The summed E-state index contributed by atoms with van der Waals surface area (Å²) in [5.74, 6) is 3.03. The predicted octanol–water partition coefficient (Wildman–Crippen LogP) is 4.88. The van der Waals surface area contributed by atoms with Crippen LogP contribution in [0.25, 0.3) is 0 Å². The van der Waals surface area contributed by atoms with E-state index in [0.29, 0.717) is 0 Å². The molecule has 0 saturated carbocycles. The van der Waals surface area contributed by atoms with Crippen LogP contribution in [0.2, 0.25) is 0 Å². The second-order valence-corrected chi connectivity index (χ2v) is 7.26. The van der Waals surface area contributed by atoms with E-state index in [-0.39, 0.29) is 5.41 Å². The lowest BCUT2D eigenvalue weighted by molar-refractivity contribution is 0.539. The van der Waals surface area contributed by atoms with Crippen LogP contribution in [0.4, 0.5) is 5.82 Å². The third-order valence-electron chi connectivity index (χ3n) is 2.93. The molecule has 0 atom stereocenters. The minimum absolute atomic E-state index is 0.0113. The van der Waals surface area contributed by atoms with E-state index in [1.807, 2.05) is 11.8 Å². The molecule has 0 spiro atoms. The standard InChI is InChI=1S/C16H29N3S/c1-6-8-9-11-20-14-12-13(17-10-7-2)18-15(19-14)16(3,4)5/h12H,6-11H2,1-5H3,(H,17,18,19). The molecule has 3 nitrogen and oxygen atoms in total. The molecular weight excluding hydrogens is 266 g/mol. The summed E-state index contributed by atoms with van der Waals surface area (Å²) >= 11 is 1.85. The number of rotatable bonds is 8. The van der Waals surface area contributed by atoms with Gasteiger partial charge in [-0.05, 0) is 18.6 Å². The molecule has 1 rings (SSSR count). The van der Waals surface area contributed by atoms with Crippen molar-refractivity contribution in [1.82, 2.24) is 9.97 Å². The first kappa shape index (κ1) is 17.3. The Morgan fingerprint density at radius 3 is 2.45 bits per heavy atom. The lowest BCUT2D eigenvalue weighted by Gasteiger charge is -2.18. The largest absolute Gasteiger partial charge is 0.370 e. The number of nitrogens with zero attached hydrogens (tertiary/aromatic N) is 2. The predicted molar refractivity (Wildman–Crippen MR) is 89.8 cm³/mol. The summed E-state index contributed by atoms with van der Waals surface area (Å²) in [6, 6.07) is 2.08. The van der Waals surface area contributed by atoms with Gasteiger partial charge < -0.3 is 5.32 Å². The van der Waals surface area contributed by atoms with E-state index in [4.69, 9.17) is 4.98 Å². The Balaban J connectivity index is 2.80. The number of anilines is 1. The fraction of sp³-hybridized carbons (Fsp3) is 0.750. The van der Waals surface area contributed by atoms with Crippen LogP contribution in [0.1, 0.15) is 66.1 Å². The molecule has 0 aromatic carbocycles. The second kappa shape index (κ2) is 8.50. The average Bonchev–Trinajstić information content (AvgIpc) is 2.40. The maximum absolute atomic E-state index is 4.72. The molecule has 0 unspecified atom stereocenters. The number of hydrogen-bond acceptors (Lipinski definition) is 4. The second-order valence-electron chi connectivity index (χ2n) is 6.15. The number of thioether (sulfide) groups is 1. The fourth-order valence-electron chi connectivity index (χ4n) is 1.71. The Hall–Kier alpha value is -0.770. The third-order valence-corrected chi connectivity index (χ3v) is 3.93. The first-order chi connectivity index (χ1) is 9.47. The maximum atomic E-state index is 4.72. The molecule has 1 N–H and O–H groups in total. The van der Waals surface area contributed by atoms with Crippen molar-refractivity contribution in [3.05, 3.63) is 11.9 Å². The highest BCUT2D eigenvalue weighted by Gasteiger charge is 2.19. The zero-order valence-corrected chi connectivity index (χ0v) is 14.4. The number of unbranched alkanes of at least 4 members (excludes halogenated alkanes) is 2. The van der Waals surface area contributed by atoms with Gasteiger partial charge in [-0.25, -0.2) is 9.97 Å². The van der Waals surface area contributed by atoms with Gasteiger partial charge in [0, 0.05) is 18.0 Å². The van der Waals surface area contributed by atoms with E-state index >= 15 is 0 Å². The summed E-state index contributed by atoms with van der Waals surface area (Å²) in [6.07, 6.45) is 4.92. The van der Waals surface area contributed by atoms with Crippen LogP contribution in [0.5, 0.6) is 0 Å². The van der Waals surface area contributed by atoms with Crippen molar-refractivity contribution in [1.29, 1.82) is 0 Å². The lowest BCUT2D eigenvalue weighted by atomic mass is 9.96. The van der Waals surface area contributed by atoms with Gasteiger partial charge in [0.1, 0.15) is 16.7 Å². The quantitative estimate of drug-likeness (QED) is 0.421. The van der Waals surface area contributed by atoms with Gasteiger partial charge in [-0.15, -0.1) is 11.8 Å². The molecule has 1 aromatic heterocycles. The summed E-state index contributed by atoms with van der Waals surface area (Å²) in [4.78, 5) is 9.37. The molecule has 0 aliphatic rings. The Morgan fingerprint density at radius 1 is 1.10 bits per heavy atom. The molecule has 0 radical (unpaired) electrons. The Labute approximate surface area is 128 Å². The SMILES string of the molecule is CCCCCSc1cc(NCCC)nc(C(C)(C)C)n1. The van der Waals surface area contributed by atoms with E-state index in [9.17, 15) is 0 Å². The molecular formula is C16H29N3S. The number of hydrogen-bond donors (Lipinski definition) is 1. The topological polar surface area (TPSA) is 37.8 Å². The van der Waals surface area contributed by atoms with Gasteiger partial charge in [-0.3, -0.25) is 0 Å². The van der Waals surface area contributed by atoms with E-state index in [2.05, 4.69) is 51.0 Å². The van der Waals surface area contributed by atoms with Crippen LogP contribution in [-0.2, 0) is 5.41 Å². The number of aromatic nitrogens is 2. The maximum Gasteiger partial charge on any atom is 0.137 e. The van der Waals surface area contributed by atoms with Crippen LogP contribution in [-0.4, -0.2) is 22.3 Å². The highest BCUT2D eigenvalue weighted by atomic mass is 32.2. The lowest BCUT2D eigenvalue weighted by Crippen LogP contribution is -2.18. The Morgan fingerprint density at radius 2 is 1.85 bits per heavy atom. The Kier molecular flexibility index (Phi) is 7.35. The number of nitrogens with one attached hydrogen (secondary N) is 1. The highest BCUT2D eigenvalue weighted by Crippen LogP contribution is 2.25. The van der Waals surface area contributed by atoms with Crippen molar-refractivity contribution < 1.29 is 0 Å². The molecule has 0 bridgehead atoms. The van der Waals surface area contributed by atoms with Crippen LogP contribution in [0, 0.1) is 0 Å². The smallest absolute Gasteiger partial charge is 0.137 e. The molecule has 0 aliphatic heterocycles. The molecule has 0 saturated heterocycles. The zero-order chi connectivity index (χ0) is 15.0. The summed E-state index contributed by atoms with van der Waals surface area (Å²) < 4.78 is 0. The molecule has 0 amide bonds. The van der Waals surface area contributed by atoms with Crippen LogP contribution >= 0.6 is 11.8 Å². The van der Waals surface area contributed by atoms with Gasteiger partial charge in [0.2, 0.25) is 0 Å². The molecule has 4 heteroatoms. The average molecular weight is 295 g/mol. The van der Waals surface area contributed by atoms with Crippen LogP contribution in [0.15, 0.2) is 11.1 Å². The van der Waals surface area contributed by atoms with Gasteiger partial charge in [-0.2, -0.15) is 0 Å². The minimum atomic E-state index is -0.0113. The van der Waals surface area contributed by atoms with Crippen LogP contribution < -0.4 is 5.32 Å². The summed E-state index contributed by atoms with van der Waals surface area (Å²) in [5.41, 5.74) is -0.0113. The molecule has 20 heavy (non-hydrogen) atoms. The zero-order valence-electron chi connectivity index (χ0n) is 13.6. The van der Waals surface area contributed by atoms with E-state index < -0.39 is 0 Å². The molecule has 0 fully saturated rings. The summed E-state index contributed by atoms with van der Waals surface area (Å²) in [6.45, 7) is 11.9. The normalized spacial score (nSPS) is 11.7. The van der Waals surface area contributed by atoms with Crippen LogP contribution in [0.3, 0.4) is 0 Å². The fourth-order valence-corrected chi connectivity index (χ4v) is 2.61. The molecule has 1 heterocycles.